The van der Waals surface area contributed by atoms with E-state index in [9.17, 15) is 0 Å². The van der Waals surface area contributed by atoms with Gasteiger partial charge in [0.15, 0.2) is 5.82 Å². The zero-order valence-electron chi connectivity index (χ0n) is 8.14. The number of methoxy groups -OCH3 is 1. The van der Waals surface area contributed by atoms with Crippen LogP contribution in [0.1, 0.15) is 0 Å². The maximum atomic E-state index is 4.93. The molecular weight excluding hydrogens is 232 g/mol. The molecule has 2 aromatic rings. The topological polar surface area (TPSA) is 59.9 Å². The number of aromatic nitrogens is 3. The van der Waals surface area contributed by atoms with Crippen LogP contribution in [-0.2, 0) is 4.74 Å². The summed E-state index contributed by atoms with van der Waals surface area (Å²) >= 11 is 2.87. The summed E-state index contributed by atoms with van der Waals surface area (Å²) in [5, 5.41) is 5.86. The highest BCUT2D eigenvalue weighted by molar-refractivity contribution is 7.10. The van der Waals surface area contributed by atoms with Crippen molar-refractivity contribution >= 4 is 28.0 Å². The summed E-state index contributed by atoms with van der Waals surface area (Å²) in [4.78, 5) is 8.45. The van der Waals surface area contributed by atoms with E-state index < -0.39 is 0 Å². The van der Waals surface area contributed by atoms with Crippen LogP contribution in [0.2, 0.25) is 0 Å². The summed E-state index contributed by atoms with van der Waals surface area (Å²) in [6.07, 6.45) is 0. The quantitative estimate of drug-likeness (QED) is 0.809. The normalized spacial score (nSPS) is 10.5. The molecule has 0 saturated heterocycles. The summed E-state index contributed by atoms with van der Waals surface area (Å²) in [6, 6.07) is 0. The van der Waals surface area contributed by atoms with Gasteiger partial charge in [-0.2, -0.15) is 9.36 Å². The molecule has 2 heterocycles. The maximum absolute atomic E-state index is 4.93. The molecular formula is C8H10N4OS2. The van der Waals surface area contributed by atoms with Crippen molar-refractivity contribution in [2.45, 2.75) is 0 Å². The fraction of sp³-hybridized carbons (Fsp3) is 0.375. The highest BCUT2D eigenvalue weighted by atomic mass is 32.1. The highest BCUT2D eigenvalue weighted by Crippen LogP contribution is 2.20. The lowest BCUT2D eigenvalue weighted by Crippen LogP contribution is -2.06. The van der Waals surface area contributed by atoms with Gasteiger partial charge >= 0.3 is 0 Å². The molecule has 80 valence electrons. The predicted molar refractivity (Wildman–Crippen MR) is 61.4 cm³/mol. The number of hydrogen-bond donors (Lipinski definition) is 1. The number of thiazole rings is 1. The van der Waals surface area contributed by atoms with Crippen LogP contribution in [0.3, 0.4) is 0 Å². The van der Waals surface area contributed by atoms with Gasteiger partial charge in [-0.05, 0) is 0 Å². The van der Waals surface area contributed by atoms with Gasteiger partial charge in [0, 0.05) is 30.6 Å². The standard InChI is InChI=1S/C8H10N4OS2/c1-13-3-2-9-8-11-7(12-15-8)6-4-14-5-10-6/h4-5H,2-3H2,1H3,(H,9,11,12). The molecule has 0 amide bonds. The van der Waals surface area contributed by atoms with Crippen LogP contribution in [0.4, 0.5) is 5.13 Å². The Kier molecular flexibility index (Phi) is 3.59. The first-order chi connectivity index (χ1) is 7.40. The molecule has 0 fully saturated rings. The van der Waals surface area contributed by atoms with Crippen molar-refractivity contribution in [2.24, 2.45) is 0 Å². The lowest BCUT2D eigenvalue weighted by molar-refractivity contribution is 0.211. The van der Waals surface area contributed by atoms with E-state index in [4.69, 9.17) is 4.74 Å². The molecule has 0 aliphatic rings. The van der Waals surface area contributed by atoms with Crippen molar-refractivity contribution in [3.05, 3.63) is 10.9 Å². The van der Waals surface area contributed by atoms with E-state index in [1.54, 1.807) is 12.6 Å². The highest BCUT2D eigenvalue weighted by Gasteiger charge is 2.07. The Labute approximate surface area is 95.3 Å². The van der Waals surface area contributed by atoms with E-state index in [1.165, 1.54) is 22.9 Å². The molecule has 2 rings (SSSR count). The van der Waals surface area contributed by atoms with Crippen molar-refractivity contribution in [3.8, 4) is 11.5 Å². The van der Waals surface area contributed by atoms with Crippen LogP contribution in [-0.4, -0.2) is 34.6 Å². The van der Waals surface area contributed by atoms with Crippen molar-refractivity contribution in [1.82, 2.24) is 14.3 Å². The number of ether oxygens (including phenoxy) is 1. The van der Waals surface area contributed by atoms with Crippen LogP contribution < -0.4 is 5.32 Å². The molecule has 7 heteroatoms. The molecule has 15 heavy (non-hydrogen) atoms. The summed E-state index contributed by atoms with van der Waals surface area (Å²) in [7, 11) is 1.67. The molecule has 0 aliphatic carbocycles. The van der Waals surface area contributed by atoms with Crippen molar-refractivity contribution < 1.29 is 4.74 Å². The van der Waals surface area contributed by atoms with Gasteiger partial charge < -0.3 is 10.1 Å². The van der Waals surface area contributed by atoms with E-state index in [1.807, 2.05) is 5.38 Å². The molecule has 5 nitrogen and oxygen atoms in total. The minimum absolute atomic E-state index is 0.658. The second-order valence-electron chi connectivity index (χ2n) is 2.72. The third-order valence-electron chi connectivity index (χ3n) is 1.67. The Morgan fingerprint density at radius 3 is 3.20 bits per heavy atom. The number of nitrogens with one attached hydrogen (secondary N) is 1. The van der Waals surface area contributed by atoms with E-state index in [-0.39, 0.29) is 0 Å². The Hall–Kier alpha value is -1.05. The average Bonchev–Trinajstić information content (AvgIpc) is 2.87. The summed E-state index contributed by atoms with van der Waals surface area (Å²) < 4.78 is 9.13. The van der Waals surface area contributed by atoms with Gasteiger partial charge in [0.2, 0.25) is 5.13 Å². The minimum Gasteiger partial charge on any atom is -0.383 e. The first-order valence-corrected chi connectivity index (χ1v) is 6.07. The zero-order valence-corrected chi connectivity index (χ0v) is 9.77. The van der Waals surface area contributed by atoms with Crippen LogP contribution >= 0.6 is 22.9 Å². The molecule has 0 unspecified atom stereocenters. The van der Waals surface area contributed by atoms with Crippen LogP contribution in [0.25, 0.3) is 11.5 Å². The first-order valence-electron chi connectivity index (χ1n) is 4.35. The number of anilines is 1. The second kappa shape index (κ2) is 5.15. The average molecular weight is 242 g/mol. The molecule has 0 saturated carbocycles. The molecule has 0 radical (unpaired) electrons. The van der Waals surface area contributed by atoms with Crippen LogP contribution in [0, 0.1) is 0 Å². The molecule has 2 aromatic heterocycles. The van der Waals surface area contributed by atoms with Crippen molar-refractivity contribution in [1.29, 1.82) is 0 Å². The van der Waals surface area contributed by atoms with E-state index >= 15 is 0 Å². The largest absolute Gasteiger partial charge is 0.383 e. The summed E-state index contributed by atoms with van der Waals surface area (Å²) in [6.45, 7) is 1.40. The summed E-state index contributed by atoms with van der Waals surface area (Å²) in [5.41, 5.74) is 2.60. The molecule has 0 aliphatic heterocycles. The Morgan fingerprint density at radius 2 is 2.47 bits per heavy atom. The van der Waals surface area contributed by atoms with E-state index in [0.717, 1.165) is 17.4 Å². The third-order valence-corrected chi connectivity index (χ3v) is 2.93. The lowest BCUT2D eigenvalue weighted by atomic mass is 10.5. The molecule has 1 N–H and O–H groups in total. The molecule has 0 atom stereocenters. The van der Waals surface area contributed by atoms with Crippen LogP contribution in [0.15, 0.2) is 10.9 Å². The predicted octanol–water partition coefficient (Wildman–Crippen LogP) is 1.72. The van der Waals surface area contributed by atoms with Crippen molar-refractivity contribution in [2.75, 3.05) is 25.6 Å². The van der Waals surface area contributed by atoms with Crippen molar-refractivity contribution in [3.63, 3.8) is 0 Å². The van der Waals surface area contributed by atoms with Gasteiger partial charge in [-0.25, -0.2) is 4.98 Å². The number of nitrogens with zero attached hydrogens (tertiary/aromatic N) is 3. The van der Waals surface area contributed by atoms with Gasteiger partial charge in [-0.15, -0.1) is 11.3 Å². The number of rotatable bonds is 5. The maximum Gasteiger partial charge on any atom is 0.203 e. The second-order valence-corrected chi connectivity index (χ2v) is 4.19. The van der Waals surface area contributed by atoms with Gasteiger partial charge in [0.25, 0.3) is 0 Å². The van der Waals surface area contributed by atoms with Gasteiger partial charge in [0.1, 0.15) is 5.69 Å². The fourth-order valence-electron chi connectivity index (χ4n) is 0.982. The fourth-order valence-corrected chi connectivity index (χ4v) is 2.11. The van der Waals surface area contributed by atoms with Gasteiger partial charge in [0.05, 0.1) is 12.1 Å². The monoisotopic (exact) mass is 242 g/mol. The lowest BCUT2D eigenvalue weighted by Gasteiger charge is -1.98. The molecule has 0 aromatic carbocycles. The van der Waals surface area contributed by atoms with E-state index in [2.05, 4.69) is 19.7 Å². The Bertz CT molecular complexity index is 400. The zero-order chi connectivity index (χ0) is 10.5. The Morgan fingerprint density at radius 1 is 1.53 bits per heavy atom. The SMILES string of the molecule is COCCNc1nc(-c2cscn2)ns1. The van der Waals surface area contributed by atoms with E-state index in [0.29, 0.717) is 12.4 Å². The van der Waals surface area contributed by atoms with Crippen LogP contribution in [0.5, 0.6) is 0 Å². The van der Waals surface area contributed by atoms with Gasteiger partial charge in [-0.1, -0.05) is 0 Å². The Balaban J connectivity index is 1.98. The van der Waals surface area contributed by atoms with Gasteiger partial charge in [-0.3, -0.25) is 0 Å². The first kappa shape index (κ1) is 10.5. The third kappa shape index (κ3) is 2.71. The number of hydrogen-bond acceptors (Lipinski definition) is 7. The molecule has 0 spiro atoms. The summed E-state index contributed by atoms with van der Waals surface area (Å²) in [5.74, 6) is 0.682. The smallest absolute Gasteiger partial charge is 0.203 e. The molecule has 0 bridgehead atoms. The minimum atomic E-state index is 0.658.